The number of anilines is 1. The third-order valence-electron chi connectivity index (χ3n) is 2.86. The maximum Gasteiger partial charge on any atom is 0.339 e. The van der Waals surface area contributed by atoms with Crippen LogP contribution in [-0.4, -0.2) is 33.8 Å². The second kappa shape index (κ2) is 6.35. The molecule has 3 N–H and O–H groups in total. The van der Waals surface area contributed by atoms with Crippen molar-refractivity contribution in [3.8, 4) is 0 Å². The molecule has 18 heavy (non-hydrogen) atoms. The molecule has 1 rings (SSSR count). The number of aliphatic hydroxyl groups excluding tert-OH is 1. The van der Waals surface area contributed by atoms with Crippen molar-refractivity contribution in [3.63, 3.8) is 0 Å². The van der Waals surface area contributed by atoms with Crippen LogP contribution in [0.3, 0.4) is 0 Å². The zero-order chi connectivity index (χ0) is 13.7. The first-order valence-electron chi connectivity index (χ1n) is 6.03. The highest BCUT2D eigenvalue weighted by Crippen LogP contribution is 2.20. The second-order valence-corrected chi connectivity index (χ2v) is 4.68. The minimum Gasteiger partial charge on any atom is -0.478 e. The number of nitrogens with one attached hydrogen (secondary N) is 1. The molecule has 0 aliphatic heterocycles. The minimum atomic E-state index is -1.00. The number of hydrogen-bond acceptors (Lipinski definition) is 4. The molecule has 100 valence electrons. The molecule has 1 unspecified atom stereocenters. The van der Waals surface area contributed by atoms with E-state index in [0.717, 1.165) is 5.69 Å². The van der Waals surface area contributed by atoms with Gasteiger partial charge in [-0.1, -0.05) is 13.8 Å². The standard InChI is InChI=1S/C13H20N2O3/c1-8(2)11(4-5-16)15-12-6-9(3)14-7-10(12)13(17)18/h6-8,11,16H,4-5H2,1-3H3,(H,14,15)(H,17,18). The minimum absolute atomic E-state index is 0.0369. The lowest BCUT2D eigenvalue weighted by molar-refractivity contribution is 0.0697. The predicted molar refractivity (Wildman–Crippen MR) is 69.9 cm³/mol. The molecule has 0 saturated carbocycles. The van der Waals surface area contributed by atoms with Crippen molar-refractivity contribution in [1.29, 1.82) is 0 Å². The molecule has 0 saturated heterocycles. The number of pyridine rings is 1. The van der Waals surface area contributed by atoms with E-state index in [2.05, 4.69) is 10.3 Å². The number of carboxylic acid groups (broad SMARTS) is 1. The molecule has 1 heterocycles. The Balaban J connectivity index is 3.00. The summed E-state index contributed by atoms with van der Waals surface area (Å²) in [6.45, 7) is 5.94. The molecular formula is C13H20N2O3. The summed E-state index contributed by atoms with van der Waals surface area (Å²) >= 11 is 0. The maximum atomic E-state index is 11.1. The van der Waals surface area contributed by atoms with E-state index >= 15 is 0 Å². The van der Waals surface area contributed by atoms with Crippen LogP contribution in [0.4, 0.5) is 5.69 Å². The van der Waals surface area contributed by atoms with Gasteiger partial charge < -0.3 is 15.5 Å². The molecule has 5 heteroatoms. The first-order chi connectivity index (χ1) is 8.45. The van der Waals surface area contributed by atoms with Gasteiger partial charge in [-0.25, -0.2) is 4.79 Å². The summed E-state index contributed by atoms with van der Waals surface area (Å²) in [4.78, 5) is 15.1. The largest absolute Gasteiger partial charge is 0.478 e. The molecular weight excluding hydrogens is 232 g/mol. The fourth-order valence-electron chi connectivity index (χ4n) is 1.76. The molecule has 1 aromatic heterocycles. The van der Waals surface area contributed by atoms with E-state index in [0.29, 0.717) is 18.0 Å². The summed E-state index contributed by atoms with van der Waals surface area (Å²) in [6, 6.07) is 1.76. The molecule has 0 bridgehead atoms. The Hall–Kier alpha value is -1.62. The molecule has 1 atom stereocenters. The first-order valence-corrected chi connectivity index (χ1v) is 6.03. The molecule has 0 aliphatic carbocycles. The van der Waals surface area contributed by atoms with E-state index in [1.54, 1.807) is 6.07 Å². The van der Waals surface area contributed by atoms with Crippen molar-refractivity contribution in [2.24, 2.45) is 5.92 Å². The van der Waals surface area contributed by atoms with E-state index in [1.165, 1.54) is 6.20 Å². The molecule has 0 radical (unpaired) electrons. The van der Waals surface area contributed by atoms with Crippen molar-refractivity contribution in [3.05, 3.63) is 23.5 Å². The van der Waals surface area contributed by atoms with Crippen LogP contribution in [0.1, 0.15) is 36.3 Å². The molecule has 5 nitrogen and oxygen atoms in total. The van der Waals surface area contributed by atoms with Crippen LogP contribution in [0.5, 0.6) is 0 Å². The average molecular weight is 252 g/mol. The van der Waals surface area contributed by atoms with Gasteiger partial charge in [0, 0.05) is 24.5 Å². The van der Waals surface area contributed by atoms with E-state index in [4.69, 9.17) is 10.2 Å². The van der Waals surface area contributed by atoms with Gasteiger partial charge in [-0.15, -0.1) is 0 Å². The number of carbonyl (C=O) groups is 1. The zero-order valence-corrected chi connectivity index (χ0v) is 11.0. The molecule has 0 aliphatic rings. The van der Waals surface area contributed by atoms with Crippen LogP contribution < -0.4 is 5.32 Å². The Morgan fingerprint density at radius 2 is 2.17 bits per heavy atom. The number of aromatic nitrogens is 1. The monoisotopic (exact) mass is 252 g/mol. The molecule has 0 fully saturated rings. The Kier molecular flexibility index (Phi) is 5.09. The first kappa shape index (κ1) is 14.4. The number of rotatable bonds is 6. The van der Waals surface area contributed by atoms with Crippen LogP contribution in [0, 0.1) is 12.8 Å². The third-order valence-corrected chi connectivity index (χ3v) is 2.86. The Morgan fingerprint density at radius 3 is 2.67 bits per heavy atom. The van der Waals surface area contributed by atoms with E-state index in [1.807, 2.05) is 20.8 Å². The Morgan fingerprint density at radius 1 is 1.50 bits per heavy atom. The van der Waals surface area contributed by atoms with Gasteiger partial charge in [-0.05, 0) is 25.3 Å². The predicted octanol–water partition coefficient (Wildman–Crippen LogP) is 1.91. The highest BCUT2D eigenvalue weighted by atomic mass is 16.4. The maximum absolute atomic E-state index is 11.1. The van der Waals surface area contributed by atoms with Gasteiger partial charge >= 0.3 is 5.97 Å². The number of aromatic carboxylic acids is 1. The van der Waals surface area contributed by atoms with Crippen molar-refractivity contribution in [2.45, 2.75) is 33.2 Å². The van der Waals surface area contributed by atoms with Crippen LogP contribution in [0.15, 0.2) is 12.3 Å². The van der Waals surface area contributed by atoms with Gasteiger partial charge in [0.2, 0.25) is 0 Å². The SMILES string of the molecule is Cc1cc(NC(CCO)C(C)C)c(C(=O)O)cn1. The lowest BCUT2D eigenvalue weighted by Gasteiger charge is -2.23. The van der Waals surface area contributed by atoms with Gasteiger partial charge in [-0.3, -0.25) is 4.98 Å². The van der Waals surface area contributed by atoms with Crippen LogP contribution >= 0.6 is 0 Å². The third kappa shape index (κ3) is 3.70. The van der Waals surface area contributed by atoms with Crippen LogP contribution in [0.25, 0.3) is 0 Å². The van der Waals surface area contributed by atoms with Crippen molar-refractivity contribution in [1.82, 2.24) is 4.98 Å². The fraction of sp³-hybridized carbons (Fsp3) is 0.538. The summed E-state index contributed by atoms with van der Waals surface area (Å²) < 4.78 is 0. The second-order valence-electron chi connectivity index (χ2n) is 4.68. The molecule has 0 aromatic carbocycles. The van der Waals surface area contributed by atoms with Crippen LogP contribution in [-0.2, 0) is 0 Å². The quantitative estimate of drug-likeness (QED) is 0.720. The Labute approximate surface area is 107 Å². The normalized spacial score (nSPS) is 12.5. The van der Waals surface area contributed by atoms with Gasteiger partial charge in [0.15, 0.2) is 0 Å². The zero-order valence-electron chi connectivity index (χ0n) is 11.0. The van der Waals surface area contributed by atoms with E-state index < -0.39 is 5.97 Å². The van der Waals surface area contributed by atoms with Gasteiger partial charge in [0.05, 0.1) is 5.69 Å². The average Bonchev–Trinajstić information content (AvgIpc) is 2.28. The number of carboxylic acids is 1. The molecule has 0 spiro atoms. The fourth-order valence-corrected chi connectivity index (χ4v) is 1.76. The van der Waals surface area contributed by atoms with E-state index in [-0.39, 0.29) is 18.2 Å². The summed E-state index contributed by atoms with van der Waals surface area (Å²) in [5, 5.41) is 21.3. The smallest absolute Gasteiger partial charge is 0.339 e. The van der Waals surface area contributed by atoms with Crippen molar-refractivity contribution in [2.75, 3.05) is 11.9 Å². The highest BCUT2D eigenvalue weighted by molar-refractivity contribution is 5.93. The highest BCUT2D eigenvalue weighted by Gasteiger charge is 2.17. The lowest BCUT2D eigenvalue weighted by atomic mass is 10.0. The number of aryl methyl sites for hydroxylation is 1. The van der Waals surface area contributed by atoms with E-state index in [9.17, 15) is 4.79 Å². The number of nitrogens with zero attached hydrogens (tertiary/aromatic N) is 1. The Bertz CT molecular complexity index is 419. The summed E-state index contributed by atoms with van der Waals surface area (Å²) in [7, 11) is 0. The number of aliphatic hydroxyl groups is 1. The summed E-state index contributed by atoms with van der Waals surface area (Å²) in [5.41, 5.74) is 1.47. The van der Waals surface area contributed by atoms with Crippen LogP contribution in [0.2, 0.25) is 0 Å². The van der Waals surface area contributed by atoms with Gasteiger partial charge in [0.25, 0.3) is 0 Å². The van der Waals surface area contributed by atoms with Gasteiger partial charge in [0.1, 0.15) is 5.56 Å². The lowest BCUT2D eigenvalue weighted by Crippen LogP contribution is -2.27. The van der Waals surface area contributed by atoms with Crippen molar-refractivity contribution < 1.29 is 15.0 Å². The summed E-state index contributed by atoms with van der Waals surface area (Å²) in [6.07, 6.45) is 1.94. The number of hydrogen-bond donors (Lipinski definition) is 3. The molecule has 1 aromatic rings. The topological polar surface area (TPSA) is 82.5 Å². The molecule has 0 amide bonds. The van der Waals surface area contributed by atoms with Gasteiger partial charge in [-0.2, -0.15) is 0 Å². The summed E-state index contributed by atoms with van der Waals surface area (Å²) in [5.74, 6) is -0.705. The van der Waals surface area contributed by atoms with Crippen molar-refractivity contribution >= 4 is 11.7 Å².